The summed E-state index contributed by atoms with van der Waals surface area (Å²) in [5.41, 5.74) is 7.98. The summed E-state index contributed by atoms with van der Waals surface area (Å²) in [6.07, 6.45) is 3.62. The molecule has 0 aliphatic rings. The number of hydrogen-bond donors (Lipinski definition) is 0. The van der Waals surface area contributed by atoms with Crippen LogP contribution >= 0.6 is 0 Å². The third-order valence-corrected chi connectivity index (χ3v) is 9.20. The quantitative estimate of drug-likeness (QED) is 0.182. The van der Waals surface area contributed by atoms with Gasteiger partial charge in [-0.1, -0.05) is 109 Å². The maximum atomic E-state index is 5.97. The maximum absolute atomic E-state index is 5.97. The summed E-state index contributed by atoms with van der Waals surface area (Å²) >= 11 is 0. The van der Waals surface area contributed by atoms with Crippen LogP contribution in [0.3, 0.4) is 0 Å². The standard InChI is InChI=1S/C44H26N6O/c1-3-11-27(12-4-1)41-48-42(28-13-5-2-6-14-28)50-43(49-41)31-21-29-15-7-8-16-33(29)35(23-31)30-19-20-37-32(22-30)25-46-44(47-37)38-24-36-34-17-9-10-18-39(34)51-40(36)26-45-38/h1-26H. The van der Waals surface area contributed by atoms with Crippen molar-refractivity contribution in [2.75, 3.05) is 0 Å². The number of nitrogens with zero attached hydrogens (tertiary/aromatic N) is 6. The molecule has 0 radical (unpaired) electrons. The fraction of sp³-hybridized carbons (Fsp3) is 0. The van der Waals surface area contributed by atoms with Crippen LogP contribution in [0.2, 0.25) is 0 Å². The fourth-order valence-electron chi connectivity index (χ4n) is 6.69. The largest absolute Gasteiger partial charge is 0.454 e. The zero-order valence-corrected chi connectivity index (χ0v) is 27.1. The van der Waals surface area contributed by atoms with Crippen molar-refractivity contribution in [1.82, 2.24) is 29.9 Å². The highest BCUT2D eigenvalue weighted by atomic mass is 16.3. The molecular weight excluding hydrogens is 629 g/mol. The van der Waals surface area contributed by atoms with Gasteiger partial charge in [0.25, 0.3) is 0 Å². The minimum Gasteiger partial charge on any atom is -0.454 e. The molecule has 51 heavy (non-hydrogen) atoms. The van der Waals surface area contributed by atoms with Crippen LogP contribution in [0.25, 0.3) is 100 Å². The topological polar surface area (TPSA) is 90.5 Å². The molecule has 0 atom stereocenters. The SMILES string of the molecule is c1ccc(-c2nc(-c3ccccc3)nc(-c3cc(-c4ccc5nc(-c6cc7c(cn6)oc6ccccc67)ncc5c4)c4ccccc4c3)n2)cc1. The van der Waals surface area contributed by atoms with Crippen molar-refractivity contribution in [2.45, 2.75) is 0 Å². The molecule has 238 valence electrons. The first-order valence-electron chi connectivity index (χ1n) is 16.7. The van der Waals surface area contributed by atoms with Gasteiger partial charge in [0.05, 0.1) is 11.7 Å². The number of furan rings is 1. The lowest BCUT2D eigenvalue weighted by molar-refractivity contribution is 0.667. The number of pyridine rings is 1. The first-order valence-corrected chi connectivity index (χ1v) is 16.7. The predicted octanol–water partition coefficient (Wildman–Crippen LogP) is 10.6. The van der Waals surface area contributed by atoms with Crippen molar-refractivity contribution in [3.8, 4) is 56.8 Å². The Morgan fingerprint density at radius 3 is 1.78 bits per heavy atom. The highest BCUT2D eigenvalue weighted by Gasteiger charge is 2.16. The Balaban J connectivity index is 1.09. The van der Waals surface area contributed by atoms with Gasteiger partial charge in [-0.3, -0.25) is 0 Å². The third kappa shape index (κ3) is 5.16. The molecule has 0 amide bonds. The van der Waals surface area contributed by atoms with Crippen LogP contribution in [0.5, 0.6) is 0 Å². The van der Waals surface area contributed by atoms with Crippen molar-refractivity contribution in [1.29, 1.82) is 0 Å². The van der Waals surface area contributed by atoms with E-state index in [9.17, 15) is 0 Å². The summed E-state index contributed by atoms with van der Waals surface area (Å²) in [4.78, 5) is 29.2. The minimum atomic E-state index is 0.563. The summed E-state index contributed by atoms with van der Waals surface area (Å²) in [5.74, 6) is 2.43. The molecule has 4 heterocycles. The molecule has 7 heteroatoms. The Morgan fingerprint density at radius 2 is 1.02 bits per heavy atom. The summed E-state index contributed by atoms with van der Waals surface area (Å²) in [5, 5.41) is 5.18. The zero-order chi connectivity index (χ0) is 33.7. The lowest BCUT2D eigenvalue weighted by atomic mass is 9.94. The van der Waals surface area contributed by atoms with Crippen LogP contribution in [-0.4, -0.2) is 29.9 Å². The molecule has 0 saturated heterocycles. The number of para-hydroxylation sites is 1. The Labute approximate surface area is 292 Å². The van der Waals surface area contributed by atoms with Crippen LogP contribution in [0, 0.1) is 0 Å². The second-order valence-corrected chi connectivity index (χ2v) is 12.4. The maximum Gasteiger partial charge on any atom is 0.178 e. The summed E-state index contributed by atoms with van der Waals surface area (Å²) < 4.78 is 5.97. The van der Waals surface area contributed by atoms with E-state index in [1.54, 1.807) is 6.20 Å². The molecule has 6 aromatic carbocycles. The number of fused-ring (bicyclic) bond motifs is 5. The van der Waals surface area contributed by atoms with Gasteiger partial charge >= 0.3 is 0 Å². The molecule has 0 N–H and O–H groups in total. The highest BCUT2D eigenvalue weighted by molar-refractivity contribution is 6.05. The molecule has 7 nitrogen and oxygen atoms in total. The number of hydrogen-bond acceptors (Lipinski definition) is 7. The van der Waals surface area contributed by atoms with E-state index >= 15 is 0 Å². The third-order valence-electron chi connectivity index (χ3n) is 9.20. The van der Waals surface area contributed by atoms with Gasteiger partial charge in [0, 0.05) is 39.0 Å². The van der Waals surface area contributed by atoms with E-state index in [2.05, 4.69) is 59.6 Å². The van der Waals surface area contributed by atoms with Gasteiger partial charge in [0.15, 0.2) is 28.9 Å². The molecule has 0 bridgehead atoms. The van der Waals surface area contributed by atoms with E-state index in [0.29, 0.717) is 29.0 Å². The summed E-state index contributed by atoms with van der Waals surface area (Å²) in [6.45, 7) is 0. The van der Waals surface area contributed by atoms with Gasteiger partial charge in [-0.25, -0.2) is 29.9 Å². The van der Waals surface area contributed by atoms with Gasteiger partial charge in [-0.05, 0) is 58.3 Å². The molecule has 0 spiro atoms. The molecule has 0 unspecified atom stereocenters. The molecule has 10 rings (SSSR count). The normalized spacial score (nSPS) is 11.5. The monoisotopic (exact) mass is 654 g/mol. The molecule has 0 saturated carbocycles. The smallest absolute Gasteiger partial charge is 0.178 e. The number of aromatic nitrogens is 6. The Hall–Kier alpha value is -7.12. The van der Waals surface area contributed by atoms with Crippen molar-refractivity contribution in [2.24, 2.45) is 0 Å². The van der Waals surface area contributed by atoms with E-state index in [1.807, 2.05) is 97.2 Å². The number of rotatable bonds is 5. The molecular formula is C44H26N6O. The van der Waals surface area contributed by atoms with Gasteiger partial charge in [-0.2, -0.15) is 0 Å². The second-order valence-electron chi connectivity index (χ2n) is 12.4. The minimum absolute atomic E-state index is 0.563. The van der Waals surface area contributed by atoms with Gasteiger partial charge < -0.3 is 4.42 Å². The first-order chi connectivity index (χ1) is 25.2. The van der Waals surface area contributed by atoms with Crippen LogP contribution in [0.15, 0.2) is 162 Å². The van der Waals surface area contributed by atoms with Crippen molar-refractivity contribution < 1.29 is 4.42 Å². The molecule has 10 aromatic rings. The van der Waals surface area contributed by atoms with Crippen molar-refractivity contribution in [3.63, 3.8) is 0 Å². The number of benzene rings is 6. The van der Waals surface area contributed by atoms with Gasteiger partial charge in [0.1, 0.15) is 11.3 Å². The van der Waals surface area contributed by atoms with Crippen molar-refractivity contribution in [3.05, 3.63) is 158 Å². The fourth-order valence-corrected chi connectivity index (χ4v) is 6.69. The summed E-state index contributed by atoms with van der Waals surface area (Å²) in [6, 6.07) is 49.1. The molecule has 0 aliphatic carbocycles. The van der Waals surface area contributed by atoms with Crippen LogP contribution in [0.1, 0.15) is 0 Å². The van der Waals surface area contributed by atoms with E-state index in [-0.39, 0.29) is 0 Å². The van der Waals surface area contributed by atoms with Gasteiger partial charge in [0.2, 0.25) is 0 Å². The lowest BCUT2D eigenvalue weighted by Gasteiger charge is -2.13. The Kier molecular flexibility index (Phi) is 6.67. The lowest BCUT2D eigenvalue weighted by Crippen LogP contribution is -2.00. The highest BCUT2D eigenvalue weighted by Crippen LogP contribution is 2.36. The van der Waals surface area contributed by atoms with E-state index in [4.69, 9.17) is 29.3 Å². The molecule has 0 fully saturated rings. The zero-order valence-electron chi connectivity index (χ0n) is 27.1. The van der Waals surface area contributed by atoms with Crippen LogP contribution < -0.4 is 0 Å². The van der Waals surface area contributed by atoms with Crippen LogP contribution in [-0.2, 0) is 0 Å². The first kappa shape index (κ1) is 28.9. The van der Waals surface area contributed by atoms with E-state index in [1.165, 1.54) is 0 Å². The average Bonchev–Trinajstić information content (AvgIpc) is 3.58. The van der Waals surface area contributed by atoms with Crippen molar-refractivity contribution >= 4 is 43.6 Å². The average molecular weight is 655 g/mol. The predicted molar refractivity (Wildman–Crippen MR) is 203 cm³/mol. The summed E-state index contributed by atoms with van der Waals surface area (Å²) in [7, 11) is 0. The molecule has 0 aliphatic heterocycles. The van der Waals surface area contributed by atoms with Gasteiger partial charge in [-0.15, -0.1) is 0 Å². The molecule has 4 aromatic heterocycles. The second kappa shape index (κ2) is 11.8. The van der Waals surface area contributed by atoms with E-state index in [0.717, 1.165) is 71.4 Å². The Bertz CT molecular complexity index is 2870. The Morgan fingerprint density at radius 1 is 0.373 bits per heavy atom. The van der Waals surface area contributed by atoms with Crippen LogP contribution in [0.4, 0.5) is 0 Å². The van der Waals surface area contributed by atoms with E-state index < -0.39 is 0 Å².